The number of hydrogen-bond donors (Lipinski definition) is 1. The van der Waals surface area contributed by atoms with Gasteiger partial charge in [0.15, 0.2) is 0 Å². The summed E-state index contributed by atoms with van der Waals surface area (Å²) in [5, 5.41) is 3.35. The smallest absolute Gasteiger partial charge is 0.239 e. The van der Waals surface area contributed by atoms with E-state index in [1.54, 1.807) is 16.2 Å². The highest BCUT2D eigenvalue weighted by Crippen LogP contribution is 2.27. The third-order valence-corrected chi connectivity index (χ3v) is 4.31. The zero-order valence-electron chi connectivity index (χ0n) is 9.37. The fraction of sp³-hybridized carbons (Fsp3) is 0.545. The van der Waals surface area contributed by atoms with Crippen molar-refractivity contribution in [2.45, 2.75) is 25.4 Å². The number of likely N-dealkylation sites (tertiary alicyclic amines) is 1. The molecule has 0 bridgehead atoms. The summed E-state index contributed by atoms with van der Waals surface area (Å²) in [5.41, 5.74) is 0. The molecule has 2 unspecified atom stereocenters. The minimum Gasteiger partial charge on any atom is -0.344 e. The maximum atomic E-state index is 11.7. The van der Waals surface area contributed by atoms with E-state index in [9.17, 15) is 4.79 Å². The molecule has 5 heteroatoms. The number of amides is 1. The lowest BCUT2D eigenvalue weighted by Gasteiger charge is -2.17. The summed E-state index contributed by atoms with van der Waals surface area (Å²) in [5.74, 6) is 0.189. The van der Waals surface area contributed by atoms with Gasteiger partial charge in [-0.25, -0.2) is 0 Å². The summed E-state index contributed by atoms with van der Waals surface area (Å²) in [7, 11) is 1.84. The summed E-state index contributed by atoms with van der Waals surface area (Å²) >= 11 is 7.45. The molecule has 1 aromatic heterocycles. The summed E-state index contributed by atoms with van der Waals surface area (Å²) in [6, 6.07) is 4.04. The predicted octanol–water partition coefficient (Wildman–Crippen LogP) is 2.28. The van der Waals surface area contributed by atoms with E-state index in [1.165, 1.54) is 4.88 Å². The monoisotopic (exact) mass is 258 g/mol. The molecule has 1 aliphatic rings. The van der Waals surface area contributed by atoms with Crippen molar-refractivity contribution in [2.24, 2.45) is 0 Å². The molecule has 2 atom stereocenters. The zero-order chi connectivity index (χ0) is 11.7. The Hall–Kier alpha value is -0.580. The van der Waals surface area contributed by atoms with Crippen LogP contribution in [0.5, 0.6) is 0 Å². The van der Waals surface area contributed by atoms with Crippen LogP contribution in [0.25, 0.3) is 0 Å². The number of hydrogen-bond acceptors (Lipinski definition) is 3. The first kappa shape index (κ1) is 11.9. The van der Waals surface area contributed by atoms with Crippen LogP contribution in [0.3, 0.4) is 0 Å². The normalized spacial score (nSPS) is 22.8. The Morgan fingerprint density at radius 2 is 2.38 bits per heavy atom. The largest absolute Gasteiger partial charge is 0.344 e. The SMILES string of the molecule is CC(NC1CCN(C)C1=O)c1ccc(Cl)s1. The van der Waals surface area contributed by atoms with Crippen molar-refractivity contribution in [2.75, 3.05) is 13.6 Å². The highest BCUT2D eigenvalue weighted by atomic mass is 35.5. The second-order valence-electron chi connectivity index (χ2n) is 4.13. The van der Waals surface area contributed by atoms with Gasteiger partial charge in [-0.15, -0.1) is 11.3 Å². The lowest BCUT2D eigenvalue weighted by Crippen LogP contribution is -2.38. The summed E-state index contributed by atoms with van der Waals surface area (Å²) in [6.07, 6.45) is 0.888. The molecule has 1 amide bonds. The van der Waals surface area contributed by atoms with Gasteiger partial charge in [-0.1, -0.05) is 11.6 Å². The molecule has 1 saturated heterocycles. The van der Waals surface area contributed by atoms with E-state index in [-0.39, 0.29) is 18.0 Å². The van der Waals surface area contributed by atoms with Gasteiger partial charge in [0.25, 0.3) is 0 Å². The van der Waals surface area contributed by atoms with Gasteiger partial charge in [0.2, 0.25) is 5.91 Å². The quantitative estimate of drug-likeness (QED) is 0.902. The van der Waals surface area contributed by atoms with E-state index in [2.05, 4.69) is 12.2 Å². The maximum absolute atomic E-state index is 11.7. The Balaban J connectivity index is 1.97. The first-order chi connectivity index (χ1) is 7.58. The lowest BCUT2D eigenvalue weighted by molar-refractivity contribution is -0.128. The minimum atomic E-state index is -0.0409. The highest BCUT2D eigenvalue weighted by molar-refractivity contribution is 7.16. The van der Waals surface area contributed by atoms with Gasteiger partial charge in [0.1, 0.15) is 0 Å². The topological polar surface area (TPSA) is 32.3 Å². The molecule has 1 N–H and O–H groups in total. The van der Waals surface area contributed by atoms with Crippen LogP contribution in [0.2, 0.25) is 4.34 Å². The molecule has 1 aromatic rings. The van der Waals surface area contributed by atoms with Crippen molar-refractivity contribution in [3.8, 4) is 0 Å². The Labute approximate surface area is 104 Å². The molecular formula is C11H15ClN2OS. The Morgan fingerprint density at radius 3 is 2.88 bits per heavy atom. The lowest BCUT2D eigenvalue weighted by atomic mass is 10.2. The molecule has 16 heavy (non-hydrogen) atoms. The van der Waals surface area contributed by atoms with Crippen molar-refractivity contribution in [3.05, 3.63) is 21.3 Å². The number of nitrogens with one attached hydrogen (secondary N) is 1. The number of likely N-dealkylation sites (N-methyl/N-ethyl adjacent to an activating group) is 1. The molecule has 2 rings (SSSR count). The number of thiophene rings is 1. The minimum absolute atomic E-state index is 0.0409. The van der Waals surface area contributed by atoms with Crippen molar-refractivity contribution in [1.29, 1.82) is 0 Å². The van der Waals surface area contributed by atoms with Gasteiger partial charge >= 0.3 is 0 Å². The van der Waals surface area contributed by atoms with Gasteiger partial charge < -0.3 is 4.90 Å². The number of rotatable bonds is 3. The number of halogens is 1. The van der Waals surface area contributed by atoms with Crippen LogP contribution in [0.15, 0.2) is 12.1 Å². The highest BCUT2D eigenvalue weighted by Gasteiger charge is 2.30. The average Bonchev–Trinajstić information content (AvgIpc) is 2.79. The maximum Gasteiger partial charge on any atom is 0.239 e. The van der Waals surface area contributed by atoms with Crippen LogP contribution in [-0.2, 0) is 4.79 Å². The standard InChI is InChI=1S/C11H15ClN2OS/c1-7(9-3-4-10(12)16-9)13-8-5-6-14(2)11(8)15/h3-4,7-8,13H,5-6H2,1-2H3. The Kier molecular flexibility index (Phi) is 3.52. The van der Waals surface area contributed by atoms with Crippen molar-refractivity contribution < 1.29 is 4.79 Å². The summed E-state index contributed by atoms with van der Waals surface area (Å²) in [4.78, 5) is 14.7. The molecule has 2 heterocycles. The summed E-state index contributed by atoms with van der Waals surface area (Å²) in [6.45, 7) is 2.90. The average molecular weight is 259 g/mol. The molecule has 0 aliphatic carbocycles. The van der Waals surface area contributed by atoms with Crippen LogP contribution in [0.1, 0.15) is 24.3 Å². The zero-order valence-corrected chi connectivity index (χ0v) is 10.9. The third-order valence-electron chi connectivity index (χ3n) is 2.90. The second-order valence-corrected chi connectivity index (χ2v) is 5.88. The van der Waals surface area contributed by atoms with Crippen LogP contribution in [0, 0.1) is 0 Å². The molecule has 1 fully saturated rings. The Bertz CT molecular complexity index is 393. The molecule has 88 valence electrons. The Morgan fingerprint density at radius 1 is 1.62 bits per heavy atom. The second kappa shape index (κ2) is 4.73. The first-order valence-electron chi connectivity index (χ1n) is 5.34. The van der Waals surface area contributed by atoms with Crippen LogP contribution in [-0.4, -0.2) is 30.4 Å². The third kappa shape index (κ3) is 2.39. The fourth-order valence-electron chi connectivity index (χ4n) is 1.92. The molecule has 0 aromatic carbocycles. The number of nitrogens with zero attached hydrogens (tertiary/aromatic N) is 1. The van der Waals surface area contributed by atoms with Gasteiger partial charge in [-0.05, 0) is 25.5 Å². The van der Waals surface area contributed by atoms with Crippen molar-refractivity contribution >= 4 is 28.8 Å². The van der Waals surface area contributed by atoms with E-state index < -0.39 is 0 Å². The van der Waals surface area contributed by atoms with Crippen molar-refractivity contribution in [3.63, 3.8) is 0 Å². The molecule has 3 nitrogen and oxygen atoms in total. The van der Waals surface area contributed by atoms with Crippen LogP contribution < -0.4 is 5.32 Å². The van der Waals surface area contributed by atoms with E-state index in [0.717, 1.165) is 17.3 Å². The first-order valence-corrected chi connectivity index (χ1v) is 6.53. The molecular weight excluding hydrogens is 244 g/mol. The van der Waals surface area contributed by atoms with Crippen LogP contribution >= 0.6 is 22.9 Å². The van der Waals surface area contributed by atoms with Gasteiger partial charge in [0.05, 0.1) is 10.4 Å². The predicted molar refractivity (Wildman–Crippen MR) is 66.9 cm³/mol. The number of carbonyl (C=O) groups excluding carboxylic acids is 1. The van der Waals surface area contributed by atoms with E-state index in [4.69, 9.17) is 11.6 Å². The van der Waals surface area contributed by atoms with E-state index >= 15 is 0 Å². The van der Waals surface area contributed by atoms with E-state index in [0.29, 0.717) is 0 Å². The van der Waals surface area contributed by atoms with Gasteiger partial charge in [0, 0.05) is 24.5 Å². The number of carbonyl (C=O) groups is 1. The molecule has 0 spiro atoms. The fourth-order valence-corrected chi connectivity index (χ4v) is 2.99. The summed E-state index contributed by atoms with van der Waals surface area (Å²) < 4.78 is 0.790. The van der Waals surface area contributed by atoms with Gasteiger partial charge in [-0.3, -0.25) is 10.1 Å². The van der Waals surface area contributed by atoms with E-state index in [1.807, 2.05) is 19.2 Å². The molecule has 0 radical (unpaired) electrons. The van der Waals surface area contributed by atoms with Crippen molar-refractivity contribution in [1.82, 2.24) is 10.2 Å². The van der Waals surface area contributed by atoms with Crippen LogP contribution in [0.4, 0.5) is 0 Å². The van der Waals surface area contributed by atoms with Gasteiger partial charge in [-0.2, -0.15) is 0 Å². The molecule has 1 aliphatic heterocycles. The molecule has 0 saturated carbocycles.